The molecule has 3 aromatic rings. The van der Waals surface area contributed by atoms with Gasteiger partial charge in [0.05, 0.1) is 6.61 Å². The Bertz CT molecular complexity index is 1060. The summed E-state index contributed by atoms with van der Waals surface area (Å²) in [7, 11) is 0. The molecule has 0 spiro atoms. The topological polar surface area (TPSA) is 93.4 Å². The summed E-state index contributed by atoms with van der Waals surface area (Å²) >= 11 is 6.10. The number of esters is 1. The van der Waals surface area contributed by atoms with Gasteiger partial charge in [0, 0.05) is 18.1 Å². The number of rotatable bonds is 7. The van der Waals surface area contributed by atoms with Crippen molar-refractivity contribution in [2.24, 2.45) is 5.92 Å². The molecule has 0 bridgehead atoms. The number of carbonyl (C=O) groups is 1. The molecule has 164 valence electrons. The third-order valence-corrected chi connectivity index (χ3v) is 5.71. The van der Waals surface area contributed by atoms with Crippen LogP contribution in [0.15, 0.2) is 28.8 Å². The summed E-state index contributed by atoms with van der Waals surface area (Å²) in [5.41, 5.74) is 1.63. The second-order valence-corrected chi connectivity index (χ2v) is 8.22. The van der Waals surface area contributed by atoms with Crippen molar-refractivity contribution in [3.05, 3.63) is 46.4 Å². The van der Waals surface area contributed by atoms with Crippen LogP contribution < -0.4 is 5.32 Å². The fraction of sp³-hybridized carbons (Fsp3) is 0.455. The highest BCUT2D eigenvalue weighted by Crippen LogP contribution is 2.26. The Labute approximate surface area is 185 Å². The highest BCUT2D eigenvalue weighted by molar-refractivity contribution is 6.30. The van der Waals surface area contributed by atoms with Crippen LogP contribution >= 0.6 is 11.6 Å². The molecule has 1 aromatic carbocycles. The van der Waals surface area contributed by atoms with E-state index in [9.17, 15) is 4.79 Å². The van der Waals surface area contributed by atoms with Gasteiger partial charge in [-0.15, -0.1) is 0 Å². The first-order valence-corrected chi connectivity index (χ1v) is 10.9. The molecule has 0 atom stereocenters. The van der Waals surface area contributed by atoms with E-state index in [-0.39, 0.29) is 18.0 Å². The van der Waals surface area contributed by atoms with E-state index in [1.54, 1.807) is 13.8 Å². The van der Waals surface area contributed by atoms with Crippen molar-refractivity contribution in [2.75, 3.05) is 31.6 Å². The molecule has 9 heteroatoms. The number of fused-ring (bicyclic) bond motifs is 1. The van der Waals surface area contributed by atoms with Crippen LogP contribution in [0.2, 0.25) is 5.02 Å². The minimum atomic E-state index is -0.536. The van der Waals surface area contributed by atoms with Crippen molar-refractivity contribution < 1.29 is 14.1 Å². The first-order chi connectivity index (χ1) is 15.0. The molecule has 0 unspecified atom stereocenters. The number of hydrogen-bond donors (Lipinski definition) is 1. The van der Waals surface area contributed by atoms with E-state index >= 15 is 0 Å². The molecule has 0 aliphatic carbocycles. The summed E-state index contributed by atoms with van der Waals surface area (Å²) in [6.07, 6.45) is 2.16. The summed E-state index contributed by atoms with van der Waals surface area (Å²) in [4.78, 5) is 23.4. The number of benzene rings is 1. The lowest BCUT2D eigenvalue weighted by Crippen LogP contribution is -2.35. The zero-order valence-electron chi connectivity index (χ0n) is 17.7. The maximum atomic E-state index is 12.2. The van der Waals surface area contributed by atoms with Crippen LogP contribution in [-0.2, 0) is 11.3 Å². The number of carbonyl (C=O) groups excluding carboxylic acids is 1. The first kappa shape index (κ1) is 21.5. The first-order valence-electron chi connectivity index (χ1n) is 10.5. The zero-order valence-corrected chi connectivity index (χ0v) is 18.5. The van der Waals surface area contributed by atoms with Crippen molar-refractivity contribution in [1.29, 1.82) is 0 Å². The van der Waals surface area contributed by atoms with E-state index in [1.165, 1.54) is 5.56 Å². The quantitative estimate of drug-likeness (QED) is 0.546. The average molecular weight is 444 g/mol. The SMILES string of the molecule is CCOC(=O)c1noc2nc(C)nc(NCC3CCN(Cc4cccc(Cl)c4)CC3)c12. The molecule has 1 aliphatic heterocycles. The third kappa shape index (κ3) is 5.14. The van der Waals surface area contributed by atoms with Crippen molar-refractivity contribution >= 4 is 34.5 Å². The molecule has 2 aromatic heterocycles. The van der Waals surface area contributed by atoms with Crippen LogP contribution in [0.1, 0.15) is 41.6 Å². The van der Waals surface area contributed by atoms with Gasteiger partial charge in [-0.3, -0.25) is 4.90 Å². The highest BCUT2D eigenvalue weighted by Gasteiger charge is 2.24. The Kier molecular flexibility index (Phi) is 6.67. The van der Waals surface area contributed by atoms with Crippen molar-refractivity contribution in [3.63, 3.8) is 0 Å². The lowest BCUT2D eigenvalue weighted by molar-refractivity contribution is 0.0517. The number of anilines is 1. The Morgan fingerprint density at radius 3 is 2.87 bits per heavy atom. The summed E-state index contributed by atoms with van der Waals surface area (Å²) < 4.78 is 10.3. The third-order valence-electron chi connectivity index (χ3n) is 5.48. The molecule has 0 radical (unpaired) electrons. The molecule has 3 heterocycles. The minimum Gasteiger partial charge on any atom is -0.461 e. The maximum absolute atomic E-state index is 12.2. The Morgan fingerprint density at radius 1 is 1.32 bits per heavy atom. The second-order valence-electron chi connectivity index (χ2n) is 7.78. The second kappa shape index (κ2) is 9.62. The van der Waals surface area contributed by atoms with Crippen LogP contribution in [0.4, 0.5) is 5.82 Å². The summed E-state index contributed by atoms with van der Waals surface area (Å²) in [6, 6.07) is 8.03. The van der Waals surface area contributed by atoms with Crippen molar-refractivity contribution in [1.82, 2.24) is 20.0 Å². The summed E-state index contributed by atoms with van der Waals surface area (Å²) in [5.74, 6) is 1.09. The van der Waals surface area contributed by atoms with Gasteiger partial charge in [-0.2, -0.15) is 4.98 Å². The average Bonchev–Trinajstić information content (AvgIpc) is 3.17. The molecule has 0 amide bonds. The number of nitrogens with one attached hydrogen (secondary N) is 1. The maximum Gasteiger partial charge on any atom is 0.361 e. The molecule has 0 saturated carbocycles. The van der Waals surface area contributed by atoms with E-state index in [4.69, 9.17) is 20.9 Å². The molecule has 4 rings (SSSR count). The predicted octanol–water partition coefficient (Wildman–Crippen LogP) is 4.08. The van der Waals surface area contributed by atoms with Gasteiger partial charge >= 0.3 is 5.97 Å². The zero-order chi connectivity index (χ0) is 21.8. The number of hydrogen-bond acceptors (Lipinski definition) is 8. The number of halogens is 1. The standard InChI is InChI=1S/C22H26ClN5O3/c1-3-30-22(29)19-18-20(25-14(2)26-21(18)31-27-19)24-12-15-7-9-28(10-8-15)13-16-5-4-6-17(23)11-16/h4-6,11,15H,3,7-10,12-13H2,1-2H3,(H,24,25,26). The van der Waals surface area contributed by atoms with Crippen LogP contribution in [0, 0.1) is 12.8 Å². The normalized spacial score (nSPS) is 15.3. The van der Waals surface area contributed by atoms with Gasteiger partial charge in [-0.25, -0.2) is 9.78 Å². The largest absolute Gasteiger partial charge is 0.461 e. The molecular formula is C22H26ClN5O3. The van der Waals surface area contributed by atoms with E-state index in [0.717, 1.165) is 44.0 Å². The van der Waals surface area contributed by atoms with Gasteiger partial charge < -0.3 is 14.6 Å². The van der Waals surface area contributed by atoms with E-state index in [0.29, 0.717) is 22.9 Å². The Morgan fingerprint density at radius 2 is 2.13 bits per heavy atom. The number of nitrogens with zero attached hydrogens (tertiary/aromatic N) is 4. The molecule has 1 N–H and O–H groups in total. The molecule has 31 heavy (non-hydrogen) atoms. The van der Waals surface area contributed by atoms with Crippen LogP contribution in [-0.4, -0.2) is 52.2 Å². The lowest BCUT2D eigenvalue weighted by atomic mass is 9.96. The number of aryl methyl sites for hydroxylation is 1. The van der Waals surface area contributed by atoms with Gasteiger partial charge in [0.1, 0.15) is 17.0 Å². The number of likely N-dealkylation sites (tertiary alicyclic amines) is 1. The van der Waals surface area contributed by atoms with Crippen molar-refractivity contribution in [2.45, 2.75) is 33.2 Å². The summed E-state index contributed by atoms with van der Waals surface area (Å²) in [5, 5.41) is 8.51. The van der Waals surface area contributed by atoms with Crippen LogP contribution in [0.25, 0.3) is 11.1 Å². The van der Waals surface area contributed by atoms with E-state index in [2.05, 4.69) is 31.4 Å². The lowest BCUT2D eigenvalue weighted by Gasteiger charge is -2.32. The molecule has 1 saturated heterocycles. The van der Waals surface area contributed by atoms with Gasteiger partial charge in [0.25, 0.3) is 5.71 Å². The fourth-order valence-corrected chi connectivity index (χ4v) is 4.12. The predicted molar refractivity (Wildman–Crippen MR) is 118 cm³/mol. The Balaban J connectivity index is 1.38. The van der Waals surface area contributed by atoms with E-state index in [1.807, 2.05) is 18.2 Å². The number of aromatic nitrogens is 3. The van der Waals surface area contributed by atoms with Gasteiger partial charge in [-0.1, -0.05) is 28.9 Å². The smallest absolute Gasteiger partial charge is 0.361 e. The fourth-order valence-electron chi connectivity index (χ4n) is 3.91. The van der Waals surface area contributed by atoms with Crippen LogP contribution in [0.5, 0.6) is 0 Å². The minimum absolute atomic E-state index is 0.107. The Hall–Kier alpha value is -2.71. The number of piperidine rings is 1. The highest BCUT2D eigenvalue weighted by atomic mass is 35.5. The van der Waals surface area contributed by atoms with Gasteiger partial charge in [-0.05, 0) is 63.4 Å². The molecule has 8 nitrogen and oxygen atoms in total. The summed E-state index contributed by atoms with van der Waals surface area (Å²) in [6.45, 7) is 7.51. The molecular weight excluding hydrogens is 418 g/mol. The van der Waals surface area contributed by atoms with E-state index < -0.39 is 5.97 Å². The van der Waals surface area contributed by atoms with Crippen LogP contribution in [0.3, 0.4) is 0 Å². The molecule has 1 aliphatic rings. The van der Waals surface area contributed by atoms with Gasteiger partial charge in [0.2, 0.25) is 5.69 Å². The van der Waals surface area contributed by atoms with Gasteiger partial charge in [0.15, 0.2) is 0 Å². The van der Waals surface area contributed by atoms with Crippen molar-refractivity contribution in [3.8, 4) is 0 Å². The molecule has 1 fully saturated rings. The monoisotopic (exact) mass is 443 g/mol. The number of ether oxygens (including phenoxy) is 1.